The van der Waals surface area contributed by atoms with E-state index in [1.807, 2.05) is 32.0 Å². The van der Waals surface area contributed by atoms with E-state index in [0.29, 0.717) is 16.1 Å². The number of benzene rings is 1. The Bertz CT molecular complexity index is 578. The average molecular weight is 246 g/mol. The van der Waals surface area contributed by atoms with Gasteiger partial charge in [0.25, 0.3) is 0 Å². The van der Waals surface area contributed by atoms with Crippen molar-refractivity contribution in [2.45, 2.75) is 13.8 Å². The van der Waals surface area contributed by atoms with Crippen LogP contribution in [0.5, 0.6) is 0 Å². The maximum atomic E-state index is 12.3. The van der Waals surface area contributed by atoms with Crippen LogP contribution in [0.25, 0.3) is 0 Å². The Hall–Kier alpha value is -1.67. The molecule has 86 valence electrons. The predicted octanol–water partition coefficient (Wildman–Crippen LogP) is 3.58. The standard InChI is InChI=1S/C14H12ClNO/c1-9-4-3-5-11(10(9)2)14(17)12-6-7-16-8-13(12)15/h3-8H,1-2H3. The second-order valence-electron chi connectivity index (χ2n) is 3.93. The number of rotatable bonds is 2. The largest absolute Gasteiger partial charge is 0.289 e. The summed E-state index contributed by atoms with van der Waals surface area (Å²) in [6.07, 6.45) is 3.06. The van der Waals surface area contributed by atoms with Crippen molar-refractivity contribution in [3.05, 3.63) is 63.9 Å². The van der Waals surface area contributed by atoms with Gasteiger partial charge in [0.2, 0.25) is 0 Å². The zero-order valence-corrected chi connectivity index (χ0v) is 10.5. The molecule has 1 heterocycles. The number of pyridine rings is 1. The molecule has 0 bridgehead atoms. The Morgan fingerprint density at radius 3 is 2.65 bits per heavy atom. The number of carbonyl (C=O) groups excluding carboxylic acids is 1. The van der Waals surface area contributed by atoms with Gasteiger partial charge in [-0.1, -0.05) is 29.8 Å². The van der Waals surface area contributed by atoms with Gasteiger partial charge in [-0.3, -0.25) is 9.78 Å². The second-order valence-corrected chi connectivity index (χ2v) is 4.34. The fourth-order valence-corrected chi connectivity index (χ4v) is 1.91. The van der Waals surface area contributed by atoms with E-state index in [1.54, 1.807) is 12.3 Å². The first kappa shape index (κ1) is 11.8. The van der Waals surface area contributed by atoms with Crippen molar-refractivity contribution in [1.29, 1.82) is 0 Å². The van der Waals surface area contributed by atoms with Crippen molar-refractivity contribution in [1.82, 2.24) is 4.98 Å². The fourth-order valence-electron chi connectivity index (χ4n) is 1.70. The van der Waals surface area contributed by atoms with Crippen LogP contribution in [0, 0.1) is 13.8 Å². The molecule has 0 saturated heterocycles. The molecule has 0 aliphatic carbocycles. The maximum absolute atomic E-state index is 12.3. The number of halogens is 1. The number of aryl methyl sites for hydroxylation is 1. The lowest BCUT2D eigenvalue weighted by atomic mass is 9.97. The summed E-state index contributed by atoms with van der Waals surface area (Å²) in [6.45, 7) is 3.93. The first-order valence-electron chi connectivity index (χ1n) is 5.31. The first-order chi connectivity index (χ1) is 8.11. The van der Waals surface area contributed by atoms with Crippen LogP contribution in [-0.4, -0.2) is 10.8 Å². The summed E-state index contributed by atoms with van der Waals surface area (Å²) < 4.78 is 0. The molecule has 2 aromatic rings. The number of hydrogen-bond donors (Lipinski definition) is 0. The molecular formula is C14H12ClNO. The molecule has 1 aromatic heterocycles. The van der Waals surface area contributed by atoms with E-state index in [0.717, 1.165) is 11.1 Å². The zero-order chi connectivity index (χ0) is 12.4. The highest BCUT2D eigenvalue weighted by Gasteiger charge is 2.15. The highest BCUT2D eigenvalue weighted by Crippen LogP contribution is 2.21. The lowest BCUT2D eigenvalue weighted by Gasteiger charge is -2.08. The third-order valence-electron chi connectivity index (χ3n) is 2.87. The summed E-state index contributed by atoms with van der Waals surface area (Å²) in [5.41, 5.74) is 3.28. The normalized spacial score (nSPS) is 10.3. The summed E-state index contributed by atoms with van der Waals surface area (Å²) in [5, 5.41) is 0.387. The van der Waals surface area contributed by atoms with E-state index in [2.05, 4.69) is 4.98 Å². The van der Waals surface area contributed by atoms with Crippen LogP contribution in [0.15, 0.2) is 36.7 Å². The van der Waals surface area contributed by atoms with Crippen molar-refractivity contribution in [3.63, 3.8) is 0 Å². The van der Waals surface area contributed by atoms with E-state index < -0.39 is 0 Å². The molecule has 2 rings (SSSR count). The molecule has 17 heavy (non-hydrogen) atoms. The maximum Gasteiger partial charge on any atom is 0.194 e. The monoisotopic (exact) mass is 245 g/mol. The van der Waals surface area contributed by atoms with Gasteiger partial charge in [0.1, 0.15) is 0 Å². The molecule has 0 unspecified atom stereocenters. The summed E-state index contributed by atoms with van der Waals surface area (Å²) >= 11 is 5.98. The molecule has 0 radical (unpaired) electrons. The molecule has 0 aliphatic rings. The van der Waals surface area contributed by atoms with Crippen LogP contribution in [-0.2, 0) is 0 Å². The van der Waals surface area contributed by atoms with Crippen LogP contribution in [0.4, 0.5) is 0 Å². The summed E-state index contributed by atoms with van der Waals surface area (Å²) in [5.74, 6) is -0.0569. The Balaban J connectivity index is 2.52. The van der Waals surface area contributed by atoms with Gasteiger partial charge in [0.05, 0.1) is 5.02 Å². The Morgan fingerprint density at radius 2 is 1.94 bits per heavy atom. The lowest BCUT2D eigenvalue weighted by Crippen LogP contribution is -2.05. The number of hydrogen-bond acceptors (Lipinski definition) is 2. The van der Waals surface area contributed by atoms with E-state index in [4.69, 9.17) is 11.6 Å². The summed E-state index contributed by atoms with van der Waals surface area (Å²) in [7, 11) is 0. The summed E-state index contributed by atoms with van der Waals surface area (Å²) in [4.78, 5) is 16.2. The van der Waals surface area contributed by atoms with Crippen molar-refractivity contribution < 1.29 is 4.79 Å². The van der Waals surface area contributed by atoms with Gasteiger partial charge in [-0.25, -0.2) is 0 Å². The Kier molecular flexibility index (Phi) is 3.25. The third-order valence-corrected chi connectivity index (χ3v) is 3.17. The topological polar surface area (TPSA) is 30.0 Å². The average Bonchev–Trinajstić information content (AvgIpc) is 2.32. The van der Waals surface area contributed by atoms with Crippen LogP contribution < -0.4 is 0 Å². The zero-order valence-electron chi connectivity index (χ0n) is 9.70. The molecular weight excluding hydrogens is 234 g/mol. The fraction of sp³-hybridized carbons (Fsp3) is 0.143. The quantitative estimate of drug-likeness (QED) is 0.757. The van der Waals surface area contributed by atoms with E-state index in [9.17, 15) is 4.79 Å². The number of ketones is 1. The minimum Gasteiger partial charge on any atom is -0.289 e. The van der Waals surface area contributed by atoms with Crippen molar-refractivity contribution in [2.24, 2.45) is 0 Å². The van der Waals surface area contributed by atoms with Crippen LogP contribution >= 0.6 is 11.6 Å². The predicted molar refractivity (Wildman–Crippen MR) is 68.6 cm³/mol. The SMILES string of the molecule is Cc1cccc(C(=O)c2ccncc2Cl)c1C. The Morgan fingerprint density at radius 1 is 1.18 bits per heavy atom. The molecule has 0 saturated carbocycles. The van der Waals surface area contributed by atoms with Crippen LogP contribution in [0.2, 0.25) is 5.02 Å². The number of aromatic nitrogens is 1. The van der Waals surface area contributed by atoms with Crippen molar-refractivity contribution in [2.75, 3.05) is 0 Å². The number of carbonyl (C=O) groups is 1. The van der Waals surface area contributed by atoms with Crippen LogP contribution in [0.1, 0.15) is 27.0 Å². The molecule has 0 fully saturated rings. The van der Waals surface area contributed by atoms with E-state index >= 15 is 0 Å². The summed E-state index contributed by atoms with van der Waals surface area (Å²) in [6, 6.07) is 7.33. The van der Waals surface area contributed by atoms with Gasteiger partial charge < -0.3 is 0 Å². The molecule has 0 aliphatic heterocycles. The van der Waals surface area contributed by atoms with E-state index in [1.165, 1.54) is 6.20 Å². The minimum atomic E-state index is -0.0569. The van der Waals surface area contributed by atoms with Gasteiger partial charge in [0.15, 0.2) is 5.78 Å². The molecule has 1 aromatic carbocycles. The van der Waals surface area contributed by atoms with Crippen LogP contribution in [0.3, 0.4) is 0 Å². The molecule has 0 spiro atoms. The smallest absolute Gasteiger partial charge is 0.194 e. The van der Waals surface area contributed by atoms with Gasteiger partial charge >= 0.3 is 0 Å². The van der Waals surface area contributed by atoms with Gasteiger partial charge in [-0.05, 0) is 31.0 Å². The second kappa shape index (κ2) is 4.68. The number of nitrogens with zero attached hydrogens (tertiary/aromatic N) is 1. The lowest BCUT2D eigenvalue weighted by molar-refractivity contribution is 0.103. The van der Waals surface area contributed by atoms with Gasteiger partial charge in [0, 0.05) is 23.5 Å². The molecule has 0 N–H and O–H groups in total. The van der Waals surface area contributed by atoms with Crippen molar-refractivity contribution in [3.8, 4) is 0 Å². The molecule has 0 atom stereocenters. The van der Waals surface area contributed by atoms with Gasteiger partial charge in [-0.15, -0.1) is 0 Å². The highest BCUT2D eigenvalue weighted by atomic mass is 35.5. The molecule has 3 heteroatoms. The van der Waals surface area contributed by atoms with E-state index in [-0.39, 0.29) is 5.78 Å². The molecule has 0 amide bonds. The minimum absolute atomic E-state index is 0.0569. The van der Waals surface area contributed by atoms with Gasteiger partial charge in [-0.2, -0.15) is 0 Å². The Labute approximate surface area is 105 Å². The third kappa shape index (κ3) is 2.22. The molecule has 2 nitrogen and oxygen atoms in total. The highest BCUT2D eigenvalue weighted by molar-refractivity contribution is 6.34. The first-order valence-corrected chi connectivity index (χ1v) is 5.69. The van der Waals surface area contributed by atoms with Crippen molar-refractivity contribution >= 4 is 17.4 Å².